The molecule has 1 amide bonds. The number of carbonyl (C=O) groups excluding carboxylic acids is 1. The number of amides is 1. The lowest BCUT2D eigenvalue weighted by atomic mass is 9.97. The van der Waals surface area contributed by atoms with E-state index in [-0.39, 0.29) is 18.4 Å². The average Bonchev–Trinajstić information content (AvgIpc) is 3.30. The maximum absolute atomic E-state index is 13.0. The van der Waals surface area contributed by atoms with Crippen LogP contribution in [0.25, 0.3) is 0 Å². The molecule has 0 radical (unpaired) electrons. The number of aromatic nitrogens is 1. The molecule has 2 aromatic heterocycles. The van der Waals surface area contributed by atoms with Gasteiger partial charge in [-0.2, -0.15) is 4.31 Å². The summed E-state index contributed by atoms with van der Waals surface area (Å²) in [7, 11) is -3.49. The Morgan fingerprint density at radius 1 is 1.07 bits per heavy atom. The van der Waals surface area contributed by atoms with Crippen molar-refractivity contribution in [3.8, 4) is 0 Å². The van der Waals surface area contributed by atoms with Gasteiger partial charge in [-0.05, 0) is 36.4 Å². The fourth-order valence-electron chi connectivity index (χ4n) is 3.90. The van der Waals surface area contributed by atoms with E-state index >= 15 is 0 Å². The average molecular weight is 421 g/mol. The molecule has 0 saturated carbocycles. The van der Waals surface area contributed by atoms with Crippen molar-refractivity contribution in [2.24, 2.45) is 5.92 Å². The van der Waals surface area contributed by atoms with Crippen molar-refractivity contribution in [3.05, 3.63) is 42.0 Å². The van der Waals surface area contributed by atoms with Crippen molar-refractivity contribution < 1.29 is 13.2 Å². The molecular weight excluding hydrogens is 396 g/mol. The fraction of sp³-hybridized carbons (Fsp3) is 0.474. The number of piperazine rings is 1. The highest BCUT2D eigenvalue weighted by molar-refractivity contribution is 7.91. The second-order valence-electron chi connectivity index (χ2n) is 7.15. The van der Waals surface area contributed by atoms with Crippen LogP contribution in [0.2, 0.25) is 0 Å². The van der Waals surface area contributed by atoms with Gasteiger partial charge in [-0.25, -0.2) is 8.42 Å². The smallest absolute Gasteiger partial charge is 0.252 e. The first-order valence-corrected chi connectivity index (χ1v) is 11.8. The number of anilines is 1. The van der Waals surface area contributed by atoms with Gasteiger partial charge in [-0.1, -0.05) is 6.07 Å². The minimum absolute atomic E-state index is 0.0838. The van der Waals surface area contributed by atoms with Crippen LogP contribution in [0.3, 0.4) is 0 Å². The van der Waals surface area contributed by atoms with Crippen LogP contribution < -0.4 is 4.90 Å². The van der Waals surface area contributed by atoms with Crippen molar-refractivity contribution in [2.45, 2.75) is 17.1 Å². The molecule has 4 rings (SSSR count). The molecule has 2 aromatic rings. The van der Waals surface area contributed by atoms with Crippen molar-refractivity contribution in [1.29, 1.82) is 0 Å². The van der Waals surface area contributed by atoms with Crippen LogP contribution in [0, 0.1) is 5.92 Å². The second-order valence-corrected chi connectivity index (χ2v) is 10.3. The molecule has 1 unspecified atom stereocenters. The summed E-state index contributed by atoms with van der Waals surface area (Å²) >= 11 is 1.22. The van der Waals surface area contributed by atoms with E-state index in [1.807, 2.05) is 17.0 Å². The molecule has 0 N–H and O–H groups in total. The summed E-state index contributed by atoms with van der Waals surface area (Å²) < 4.78 is 27.4. The standard InChI is InChI=1S/C19H24N4O3S2/c24-19(22-12-10-21(11-13-22)17-5-7-20-8-6-17)16-3-1-9-23(15-16)28(25,26)18-4-2-14-27-18/h2,4-8,14,16H,1,3,9-13,15H2. The van der Waals surface area contributed by atoms with Crippen molar-refractivity contribution in [3.63, 3.8) is 0 Å². The Labute approximate surface area is 169 Å². The van der Waals surface area contributed by atoms with E-state index in [0.29, 0.717) is 23.8 Å². The van der Waals surface area contributed by atoms with Gasteiger partial charge in [0, 0.05) is 57.3 Å². The fourth-order valence-corrected chi connectivity index (χ4v) is 6.57. The van der Waals surface area contributed by atoms with Crippen LogP contribution in [-0.2, 0) is 14.8 Å². The highest BCUT2D eigenvalue weighted by Gasteiger charge is 2.36. The molecule has 0 spiro atoms. The van der Waals surface area contributed by atoms with E-state index in [9.17, 15) is 13.2 Å². The first kappa shape index (κ1) is 19.4. The zero-order valence-electron chi connectivity index (χ0n) is 15.6. The largest absolute Gasteiger partial charge is 0.368 e. The molecule has 2 fully saturated rings. The number of hydrogen-bond acceptors (Lipinski definition) is 6. The third-order valence-corrected chi connectivity index (χ3v) is 8.68. The molecule has 9 heteroatoms. The zero-order valence-corrected chi connectivity index (χ0v) is 17.2. The maximum Gasteiger partial charge on any atom is 0.252 e. The monoisotopic (exact) mass is 420 g/mol. The third kappa shape index (κ3) is 3.92. The van der Waals surface area contributed by atoms with Gasteiger partial charge in [0.15, 0.2) is 0 Å². The summed E-state index contributed by atoms with van der Waals surface area (Å²) in [6, 6.07) is 7.33. The van der Waals surface area contributed by atoms with Gasteiger partial charge in [0.25, 0.3) is 10.0 Å². The van der Waals surface area contributed by atoms with E-state index in [2.05, 4.69) is 9.88 Å². The first-order chi connectivity index (χ1) is 13.6. The van der Waals surface area contributed by atoms with Crippen LogP contribution in [-0.4, -0.2) is 67.8 Å². The first-order valence-electron chi connectivity index (χ1n) is 9.53. The summed E-state index contributed by atoms with van der Waals surface area (Å²) in [5, 5.41) is 1.77. The Balaban J connectivity index is 1.37. The summed E-state index contributed by atoms with van der Waals surface area (Å²) in [5.41, 5.74) is 1.12. The maximum atomic E-state index is 13.0. The predicted octanol–water partition coefficient (Wildman–Crippen LogP) is 1.89. The number of hydrogen-bond donors (Lipinski definition) is 0. The Morgan fingerprint density at radius 3 is 2.50 bits per heavy atom. The Kier molecular flexibility index (Phi) is 5.65. The van der Waals surface area contributed by atoms with Gasteiger partial charge in [-0.15, -0.1) is 11.3 Å². The molecule has 0 bridgehead atoms. The molecule has 0 aliphatic carbocycles. The minimum atomic E-state index is -3.49. The van der Waals surface area contributed by atoms with Crippen molar-refractivity contribution in [2.75, 3.05) is 44.2 Å². The number of pyridine rings is 1. The Bertz CT molecular complexity index is 895. The lowest BCUT2D eigenvalue weighted by molar-refractivity contribution is -0.137. The Morgan fingerprint density at radius 2 is 1.82 bits per heavy atom. The molecule has 0 aromatic carbocycles. The molecule has 28 heavy (non-hydrogen) atoms. The molecule has 2 saturated heterocycles. The van der Waals surface area contributed by atoms with Crippen LogP contribution >= 0.6 is 11.3 Å². The van der Waals surface area contributed by atoms with Crippen LogP contribution in [0.5, 0.6) is 0 Å². The number of rotatable bonds is 4. The van der Waals surface area contributed by atoms with Gasteiger partial charge in [-0.3, -0.25) is 9.78 Å². The van der Waals surface area contributed by atoms with Gasteiger partial charge < -0.3 is 9.80 Å². The van der Waals surface area contributed by atoms with Crippen LogP contribution in [0.4, 0.5) is 5.69 Å². The number of nitrogens with zero attached hydrogens (tertiary/aromatic N) is 4. The topological polar surface area (TPSA) is 73.8 Å². The highest BCUT2D eigenvalue weighted by atomic mass is 32.2. The molecule has 1 atom stereocenters. The minimum Gasteiger partial charge on any atom is -0.368 e. The van der Waals surface area contributed by atoms with Gasteiger partial charge in [0.1, 0.15) is 4.21 Å². The lowest BCUT2D eigenvalue weighted by Crippen LogP contribution is -2.53. The normalized spacial score (nSPS) is 21.6. The Hall–Kier alpha value is -1.97. The van der Waals surface area contributed by atoms with E-state index in [4.69, 9.17) is 0 Å². The molecular formula is C19H24N4O3S2. The predicted molar refractivity (Wildman–Crippen MR) is 109 cm³/mol. The lowest BCUT2D eigenvalue weighted by Gasteiger charge is -2.39. The third-order valence-electron chi connectivity index (χ3n) is 5.44. The number of thiophene rings is 1. The summed E-state index contributed by atoms with van der Waals surface area (Å²) in [5.74, 6) is -0.170. The molecule has 2 aliphatic rings. The van der Waals surface area contributed by atoms with E-state index in [0.717, 1.165) is 31.6 Å². The summed E-state index contributed by atoms with van der Waals surface area (Å²) in [4.78, 5) is 21.2. The molecule has 7 nitrogen and oxygen atoms in total. The molecule has 150 valence electrons. The molecule has 2 aliphatic heterocycles. The van der Waals surface area contributed by atoms with Gasteiger partial charge in [0.2, 0.25) is 5.91 Å². The van der Waals surface area contributed by atoms with E-state index in [1.165, 1.54) is 15.6 Å². The number of piperidine rings is 1. The molecule has 4 heterocycles. The zero-order chi connectivity index (χ0) is 19.6. The van der Waals surface area contributed by atoms with Crippen molar-refractivity contribution in [1.82, 2.24) is 14.2 Å². The summed E-state index contributed by atoms with van der Waals surface area (Å²) in [6.45, 7) is 3.65. The van der Waals surface area contributed by atoms with Crippen LogP contribution in [0.15, 0.2) is 46.2 Å². The highest BCUT2D eigenvalue weighted by Crippen LogP contribution is 2.27. The van der Waals surface area contributed by atoms with Gasteiger partial charge >= 0.3 is 0 Å². The van der Waals surface area contributed by atoms with E-state index in [1.54, 1.807) is 29.9 Å². The number of sulfonamides is 1. The quantitative estimate of drug-likeness (QED) is 0.755. The van der Waals surface area contributed by atoms with Gasteiger partial charge in [0.05, 0.1) is 5.92 Å². The van der Waals surface area contributed by atoms with Crippen LogP contribution in [0.1, 0.15) is 12.8 Å². The van der Waals surface area contributed by atoms with Crippen molar-refractivity contribution >= 4 is 33.0 Å². The van der Waals surface area contributed by atoms with E-state index < -0.39 is 10.0 Å². The summed E-state index contributed by atoms with van der Waals surface area (Å²) in [6.07, 6.45) is 5.02. The second kappa shape index (κ2) is 8.18. The SMILES string of the molecule is O=C(C1CCCN(S(=O)(=O)c2cccs2)C1)N1CCN(c2ccncc2)CC1. The number of carbonyl (C=O) groups is 1.